The van der Waals surface area contributed by atoms with Crippen molar-refractivity contribution in [2.75, 3.05) is 5.32 Å². The van der Waals surface area contributed by atoms with E-state index in [0.29, 0.717) is 29.4 Å². The lowest BCUT2D eigenvalue weighted by molar-refractivity contribution is -0.135. The molecule has 1 aromatic carbocycles. The van der Waals surface area contributed by atoms with Crippen molar-refractivity contribution in [2.45, 2.75) is 26.2 Å². The molecule has 1 unspecified atom stereocenters. The summed E-state index contributed by atoms with van der Waals surface area (Å²) in [7, 11) is 0. The summed E-state index contributed by atoms with van der Waals surface area (Å²) in [5.74, 6) is -0.338. The number of ketones is 1. The van der Waals surface area contributed by atoms with E-state index in [9.17, 15) is 9.59 Å². The Hall–Kier alpha value is -1.68. The minimum atomic E-state index is -1.04. The summed E-state index contributed by atoms with van der Waals surface area (Å²) in [6.07, 6.45) is 3.28. The van der Waals surface area contributed by atoms with Crippen LogP contribution >= 0.6 is 15.9 Å². The normalized spacial score (nSPS) is 23.3. The van der Waals surface area contributed by atoms with Crippen molar-refractivity contribution in [3.63, 3.8) is 0 Å². The van der Waals surface area contributed by atoms with Crippen LogP contribution in [0.25, 0.3) is 0 Å². The van der Waals surface area contributed by atoms with Gasteiger partial charge in [-0.1, -0.05) is 46.8 Å². The molecule has 21 heavy (non-hydrogen) atoms. The number of benzene rings is 1. The quantitative estimate of drug-likeness (QED) is 0.654. The second kappa shape index (κ2) is 6.39. The van der Waals surface area contributed by atoms with Crippen LogP contribution in [0.3, 0.4) is 0 Å². The van der Waals surface area contributed by atoms with Crippen molar-refractivity contribution in [1.82, 2.24) is 0 Å². The van der Waals surface area contributed by atoms with Gasteiger partial charge < -0.3 is 5.32 Å². The molecule has 1 fully saturated rings. The maximum Gasteiger partial charge on any atom is 0.238 e. The Morgan fingerprint density at radius 2 is 2.10 bits per heavy atom. The first-order valence-corrected chi connectivity index (χ1v) is 7.68. The average Bonchev–Trinajstić information content (AvgIpc) is 2.77. The number of nitrogens with one attached hydrogen (secondary N) is 1. The summed E-state index contributed by atoms with van der Waals surface area (Å²) < 4.78 is 0.663. The maximum absolute atomic E-state index is 12.7. The zero-order valence-corrected chi connectivity index (χ0v) is 13.6. The molecule has 1 aromatic rings. The molecular formula is C17H18BrNO2. The number of anilines is 1. The van der Waals surface area contributed by atoms with Gasteiger partial charge in [0, 0.05) is 12.1 Å². The summed E-state index contributed by atoms with van der Waals surface area (Å²) in [6.45, 7) is 5.64. The molecule has 0 aliphatic heterocycles. The van der Waals surface area contributed by atoms with Gasteiger partial charge in [0.15, 0.2) is 5.78 Å². The number of hydrogen-bond acceptors (Lipinski definition) is 2. The first kappa shape index (κ1) is 15.7. The largest absolute Gasteiger partial charge is 0.325 e. The molecular weight excluding hydrogens is 330 g/mol. The third kappa shape index (κ3) is 3.16. The van der Waals surface area contributed by atoms with E-state index in [-0.39, 0.29) is 11.7 Å². The smallest absolute Gasteiger partial charge is 0.238 e. The minimum Gasteiger partial charge on any atom is -0.325 e. The molecule has 1 atom stereocenters. The Morgan fingerprint density at radius 1 is 1.43 bits per heavy atom. The van der Waals surface area contributed by atoms with E-state index in [1.165, 1.54) is 0 Å². The summed E-state index contributed by atoms with van der Waals surface area (Å²) in [6, 6.07) is 9.19. The third-order valence-electron chi connectivity index (χ3n) is 3.86. The highest BCUT2D eigenvalue weighted by atomic mass is 79.9. The maximum atomic E-state index is 12.7. The molecule has 1 aliphatic carbocycles. The number of rotatable bonds is 4. The predicted molar refractivity (Wildman–Crippen MR) is 88.2 cm³/mol. The molecule has 0 heterocycles. The highest BCUT2D eigenvalue weighted by Crippen LogP contribution is 2.44. The van der Waals surface area contributed by atoms with Crippen LogP contribution < -0.4 is 5.32 Å². The van der Waals surface area contributed by atoms with Crippen LogP contribution in [0.2, 0.25) is 0 Å². The lowest BCUT2D eigenvalue weighted by Gasteiger charge is -2.25. The van der Waals surface area contributed by atoms with Gasteiger partial charge in [0.2, 0.25) is 5.91 Å². The van der Waals surface area contributed by atoms with Crippen LogP contribution in [0.5, 0.6) is 0 Å². The number of carbonyl (C=O) groups is 2. The number of Topliss-reactive ketones (excluding diaryl/α,β-unsaturated/α-hetero) is 1. The number of halogens is 1. The molecule has 2 rings (SSSR count). The van der Waals surface area contributed by atoms with Gasteiger partial charge in [-0.15, -0.1) is 0 Å². The van der Waals surface area contributed by atoms with E-state index in [0.717, 1.165) is 5.57 Å². The average molecular weight is 348 g/mol. The first-order valence-electron chi connectivity index (χ1n) is 6.89. The molecule has 3 nitrogen and oxygen atoms in total. The van der Waals surface area contributed by atoms with Gasteiger partial charge in [-0.3, -0.25) is 9.59 Å². The fraction of sp³-hybridized carbons (Fsp3) is 0.294. The second-order valence-electron chi connectivity index (χ2n) is 5.24. The SMILES string of the molecule is C=C(Br)CC1(C(=O)Nc2ccccc2)CC/C(=C\C)C1=O. The molecule has 110 valence electrons. The number of amides is 1. The molecule has 0 bridgehead atoms. The Labute approximate surface area is 133 Å². The van der Waals surface area contributed by atoms with E-state index in [1.807, 2.05) is 37.3 Å². The lowest BCUT2D eigenvalue weighted by Crippen LogP contribution is -2.40. The van der Waals surface area contributed by atoms with Gasteiger partial charge in [0.05, 0.1) is 0 Å². The summed E-state index contributed by atoms with van der Waals surface area (Å²) >= 11 is 3.30. The Balaban J connectivity index is 2.31. The monoisotopic (exact) mass is 347 g/mol. The fourth-order valence-corrected chi connectivity index (χ4v) is 3.20. The van der Waals surface area contributed by atoms with Crippen molar-refractivity contribution in [3.05, 3.63) is 53.0 Å². The van der Waals surface area contributed by atoms with Crippen LogP contribution in [0, 0.1) is 5.41 Å². The predicted octanol–water partition coefficient (Wildman–Crippen LogP) is 4.22. The van der Waals surface area contributed by atoms with E-state index >= 15 is 0 Å². The molecule has 0 aromatic heterocycles. The first-order chi connectivity index (χ1) is 9.99. The zero-order chi connectivity index (χ0) is 15.5. The van der Waals surface area contributed by atoms with E-state index in [1.54, 1.807) is 6.08 Å². The topological polar surface area (TPSA) is 46.2 Å². The highest BCUT2D eigenvalue weighted by molar-refractivity contribution is 9.11. The van der Waals surface area contributed by atoms with Crippen molar-refractivity contribution in [2.24, 2.45) is 5.41 Å². The fourth-order valence-electron chi connectivity index (χ4n) is 2.72. The van der Waals surface area contributed by atoms with Crippen LogP contribution in [0.1, 0.15) is 26.2 Å². The van der Waals surface area contributed by atoms with Crippen molar-refractivity contribution in [3.8, 4) is 0 Å². The number of allylic oxidation sites excluding steroid dienone is 3. The molecule has 4 heteroatoms. The standard InChI is InChI=1S/C17H18BrNO2/c1-3-13-9-10-17(15(13)20,11-12(2)18)16(21)19-14-7-5-4-6-8-14/h3-8H,2,9-11H2,1H3,(H,19,21)/b13-3+. The highest BCUT2D eigenvalue weighted by Gasteiger charge is 2.50. The van der Waals surface area contributed by atoms with Crippen LogP contribution in [-0.4, -0.2) is 11.7 Å². The van der Waals surface area contributed by atoms with E-state index < -0.39 is 5.41 Å². The molecule has 0 saturated heterocycles. The summed E-state index contributed by atoms with van der Waals surface area (Å²) in [5, 5.41) is 2.86. The Bertz CT molecular complexity index is 606. The molecule has 1 aliphatic rings. The second-order valence-corrected chi connectivity index (χ2v) is 6.36. The molecule has 0 radical (unpaired) electrons. The van der Waals surface area contributed by atoms with Gasteiger partial charge in [0.1, 0.15) is 5.41 Å². The lowest BCUT2D eigenvalue weighted by atomic mass is 9.80. The Morgan fingerprint density at radius 3 is 2.62 bits per heavy atom. The van der Waals surface area contributed by atoms with Gasteiger partial charge >= 0.3 is 0 Å². The molecule has 1 N–H and O–H groups in total. The number of carbonyl (C=O) groups excluding carboxylic acids is 2. The number of para-hydroxylation sites is 1. The zero-order valence-electron chi connectivity index (χ0n) is 12.0. The van der Waals surface area contributed by atoms with Crippen LogP contribution in [-0.2, 0) is 9.59 Å². The molecule has 0 spiro atoms. The van der Waals surface area contributed by atoms with Crippen LogP contribution in [0.4, 0.5) is 5.69 Å². The van der Waals surface area contributed by atoms with Crippen molar-refractivity contribution >= 4 is 33.3 Å². The van der Waals surface area contributed by atoms with E-state index in [2.05, 4.69) is 27.8 Å². The van der Waals surface area contributed by atoms with E-state index in [4.69, 9.17) is 0 Å². The molecule has 1 saturated carbocycles. The van der Waals surface area contributed by atoms with Crippen molar-refractivity contribution < 1.29 is 9.59 Å². The van der Waals surface area contributed by atoms with Gasteiger partial charge in [-0.2, -0.15) is 0 Å². The minimum absolute atomic E-state index is 0.0842. The van der Waals surface area contributed by atoms with Gasteiger partial charge in [0.25, 0.3) is 0 Å². The van der Waals surface area contributed by atoms with Crippen LogP contribution in [0.15, 0.2) is 53.0 Å². The summed E-state index contributed by atoms with van der Waals surface area (Å²) in [5.41, 5.74) is 0.383. The molecule has 1 amide bonds. The summed E-state index contributed by atoms with van der Waals surface area (Å²) in [4.78, 5) is 25.4. The third-order valence-corrected chi connectivity index (χ3v) is 4.14. The van der Waals surface area contributed by atoms with Gasteiger partial charge in [-0.05, 0) is 42.0 Å². The Kier molecular flexibility index (Phi) is 4.78. The number of hydrogen-bond donors (Lipinski definition) is 1. The van der Waals surface area contributed by atoms with Crippen molar-refractivity contribution in [1.29, 1.82) is 0 Å². The van der Waals surface area contributed by atoms with Gasteiger partial charge in [-0.25, -0.2) is 0 Å².